The Morgan fingerprint density at radius 2 is 2.06 bits per heavy atom. The van der Waals surface area contributed by atoms with Gasteiger partial charge in [-0.1, -0.05) is 0 Å². The van der Waals surface area contributed by atoms with Gasteiger partial charge in [0.1, 0.15) is 14.0 Å². The van der Waals surface area contributed by atoms with Gasteiger partial charge < -0.3 is 29.6 Å². The molecule has 0 aromatic rings. The average Bonchev–Trinajstić information content (AvgIpc) is 2.17. The summed E-state index contributed by atoms with van der Waals surface area (Å²) in [5.74, 6) is 0. The first-order valence-corrected chi connectivity index (χ1v) is 6.68. The topological polar surface area (TPSA) is 120 Å². The van der Waals surface area contributed by atoms with Gasteiger partial charge in [0.05, 0.1) is 12.6 Å². The highest BCUT2D eigenvalue weighted by atomic mass is 31.2. The lowest BCUT2D eigenvalue weighted by atomic mass is 9.96. The molecule has 0 amide bonds. The molecule has 1 fully saturated rings. The lowest BCUT2D eigenvalue weighted by Gasteiger charge is -2.41. The molecular weight excluding hydrogens is 240 g/mol. The van der Waals surface area contributed by atoms with Crippen LogP contribution in [0.1, 0.15) is 0 Å². The van der Waals surface area contributed by atoms with Crippen molar-refractivity contribution in [2.24, 2.45) is 0 Å². The second kappa shape index (κ2) is 5.11. The fraction of sp³-hybridized carbons (Fsp3) is 1.00. The third-order valence-electron chi connectivity index (χ3n) is 2.16. The number of aliphatic hydroxyl groups excluding tert-OH is 2. The zero-order valence-electron chi connectivity index (χ0n) is 8.92. The summed E-state index contributed by atoms with van der Waals surface area (Å²) in [7, 11) is -2.18. The molecule has 4 N–H and O–H groups in total. The van der Waals surface area contributed by atoms with Gasteiger partial charge in [0, 0.05) is 6.66 Å². The van der Waals surface area contributed by atoms with Crippen LogP contribution in [0.25, 0.3) is 0 Å². The molecule has 0 saturated carbocycles. The molecule has 8 nitrogen and oxygen atoms in total. The molecule has 1 saturated heterocycles. The standard InChI is InChI=1S/C6H15BNO7P/c1-16(12,13)14-2-3-5(9)8(11)6(10)4(7)15-3/h3-6,9-11H,2,7H2,1H3,(H,12,13). The molecule has 1 rings (SSSR count). The summed E-state index contributed by atoms with van der Waals surface area (Å²) in [6.07, 6.45) is -3.88. The van der Waals surface area contributed by atoms with Crippen molar-refractivity contribution in [3.63, 3.8) is 0 Å². The molecule has 0 bridgehead atoms. The summed E-state index contributed by atoms with van der Waals surface area (Å²) in [5.41, 5.74) is 0. The van der Waals surface area contributed by atoms with E-state index in [1.54, 1.807) is 0 Å². The van der Waals surface area contributed by atoms with Crippen molar-refractivity contribution < 1.29 is 34.1 Å². The summed E-state index contributed by atoms with van der Waals surface area (Å²) < 4.78 is 20.6. The molecule has 0 aromatic heterocycles. The summed E-state index contributed by atoms with van der Waals surface area (Å²) in [6, 6.07) is -0.753. The fourth-order valence-electron chi connectivity index (χ4n) is 1.30. The number of nitrogens with zero attached hydrogens (tertiary/aromatic N) is 1. The van der Waals surface area contributed by atoms with Crippen molar-refractivity contribution >= 4 is 15.4 Å². The van der Waals surface area contributed by atoms with E-state index in [0.29, 0.717) is 5.06 Å². The van der Waals surface area contributed by atoms with E-state index in [-0.39, 0.29) is 6.61 Å². The van der Waals surface area contributed by atoms with Crippen LogP contribution in [-0.4, -0.2) is 71.1 Å². The first kappa shape index (κ1) is 14.1. The van der Waals surface area contributed by atoms with Gasteiger partial charge in [0.2, 0.25) is 0 Å². The van der Waals surface area contributed by atoms with E-state index in [9.17, 15) is 20.0 Å². The number of hydrogen-bond donors (Lipinski definition) is 4. The molecule has 94 valence electrons. The van der Waals surface area contributed by atoms with Gasteiger partial charge in [0.25, 0.3) is 0 Å². The van der Waals surface area contributed by atoms with Crippen LogP contribution in [-0.2, 0) is 13.8 Å². The number of hydrogen-bond acceptors (Lipinski definition) is 7. The van der Waals surface area contributed by atoms with Crippen LogP contribution in [0.4, 0.5) is 0 Å². The smallest absolute Gasteiger partial charge is 0.325 e. The third-order valence-corrected chi connectivity index (χ3v) is 2.79. The van der Waals surface area contributed by atoms with Gasteiger partial charge in [-0.05, 0) is 0 Å². The molecule has 5 atom stereocenters. The minimum Gasteiger partial charge on any atom is -0.374 e. The SMILES string of the molecule is BC1OC(COP(C)(=O)O)C(O)N(O)C1O. The predicted molar refractivity (Wildman–Crippen MR) is 54.5 cm³/mol. The highest BCUT2D eigenvalue weighted by Gasteiger charge is 2.40. The Hall–Kier alpha value is 0.0149. The first-order valence-electron chi connectivity index (χ1n) is 4.66. The number of rotatable bonds is 3. The van der Waals surface area contributed by atoms with Crippen LogP contribution in [0.2, 0.25) is 0 Å². The van der Waals surface area contributed by atoms with Gasteiger partial charge in [-0.25, -0.2) is 0 Å². The van der Waals surface area contributed by atoms with E-state index in [4.69, 9.17) is 9.63 Å². The molecule has 5 unspecified atom stereocenters. The Balaban J connectivity index is 2.57. The Kier molecular flexibility index (Phi) is 4.50. The molecule has 0 spiro atoms. The summed E-state index contributed by atoms with van der Waals surface area (Å²) in [4.78, 5) is 8.89. The monoisotopic (exact) mass is 255 g/mol. The second-order valence-electron chi connectivity index (χ2n) is 3.69. The van der Waals surface area contributed by atoms with Crippen molar-refractivity contribution in [1.82, 2.24) is 5.06 Å². The number of ether oxygens (including phenoxy) is 1. The largest absolute Gasteiger partial charge is 0.374 e. The summed E-state index contributed by atoms with van der Waals surface area (Å²) in [5, 5.41) is 28.4. The molecule has 1 aliphatic rings. The normalized spacial score (nSPS) is 40.6. The van der Waals surface area contributed by atoms with Crippen LogP contribution >= 0.6 is 7.60 Å². The van der Waals surface area contributed by atoms with Gasteiger partial charge in [-0.3, -0.25) is 4.57 Å². The van der Waals surface area contributed by atoms with Crippen molar-refractivity contribution in [2.45, 2.75) is 24.6 Å². The van der Waals surface area contributed by atoms with Gasteiger partial charge in [0.15, 0.2) is 12.5 Å². The Labute approximate surface area is 93.3 Å². The van der Waals surface area contributed by atoms with E-state index in [1.165, 1.54) is 7.85 Å². The zero-order chi connectivity index (χ0) is 12.5. The lowest BCUT2D eigenvalue weighted by Crippen LogP contribution is -2.60. The summed E-state index contributed by atoms with van der Waals surface area (Å²) in [6.45, 7) is 0.636. The first-order chi connectivity index (χ1) is 7.22. The van der Waals surface area contributed by atoms with Crippen LogP contribution in [0.15, 0.2) is 0 Å². The quantitative estimate of drug-likeness (QED) is 0.323. The van der Waals surface area contributed by atoms with E-state index >= 15 is 0 Å². The number of aliphatic hydroxyl groups is 2. The minimum atomic E-state index is -3.67. The molecule has 1 heterocycles. The summed E-state index contributed by atoms with van der Waals surface area (Å²) >= 11 is 0. The van der Waals surface area contributed by atoms with Crippen LogP contribution < -0.4 is 0 Å². The zero-order valence-corrected chi connectivity index (χ0v) is 9.82. The Morgan fingerprint density at radius 3 is 2.56 bits per heavy atom. The molecule has 0 aromatic carbocycles. The molecule has 1 aliphatic heterocycles. The van der Waals surface area contributed by atoms with Gasteiger partial charge in [-0.2, -0.15) is 0 Å². The van der Waals surface area contributed by atoms with E-state index in [2.05, 4.69) is 4.52 Å². The molecule has 10 heteroatoms. The van der Waals surface area contributed by atoms with Gasteiger partial charge in [-0.15, -0.1) is 5.06 Å². The van der Waals surface area contributed by atoms with Gasteiger partial charge >= 0.3 is 7.60 Å². The average molecular weight is 255 g/mol. The molecule has 0 aliphatic carbocycles. The molecular formula is C6H15BNO7P. The van der Waals surface area contributed by atoms with Crippen LogP contribution in [0.5, 0.6) is 0 Å². The predicted octanol–water partition coefficient (Wildman–Crippen LogP) is -2.50. The lowest BCUT2D eigenvalue weighted by molar-refractivity contribution is -0.347. The van der Waals surface area contributed by atoms with Crippen LogP contribution in [0, 0.1) is 0 Å². The second-order valence-corrected chi connectivity index (χ2v) is 5.55. The van der Waals surface area contributed by atoms with E-state index in [1.807, 2.05) is 0 Å². The van der Waals surface area contributed by atoms with Crippen LogP contribution in [0.3, 0.4) is 0 Å². The maximum Gasteiger partial charge on any atom is 0.325 e. The van der Waals surface area contributed by atoms with Crippen molar-refractivity contribution in [1.29, 1.82) is 0 Å². The van der Waals surface area contributed by atoms with Crippen molar-refractivity contribution in [2.75, 3.05) is 13.3 Å². The fourth-order valence-corrected chi connectivity index (χ4v) is 1.72. The highest BCUT2D eigenvalue weighted by Crippen LogP contribution is 2.37. The van der Waals surface area contributed by atoms with E-state index < -0.39 is 32.2 Å². The van der Waals surface area contributed by atoms with E-state index in [0.717, 1.165) is 6.66 Å². The third kappa shape index (κ3) is 3.51. The minimum absolute atomic E-state index is 0.320. The molecule has 0 radical (unpaired) electrons. The van der Waals surface area contributed by atoms with Crippen molar-refractivity contribution in [3.8, 4) is 0 Å². The maximum atomic E-state index is 10.9. The number of hydroxylamine groups is 2. The maximum absolute atomic E-state index is 10.9. The highest BCUT2D eigenvalue weighted by molar-refractivity contribution is 7.51. The Bertz CT molecular complexity index is 286. The van der Waals surface area contributed by atoms with Crippen molar-refractivity contribution in [3.05, 3.63) is 0 Å². The number of morpholine rings is 1. The Morgan fingerprint density at radius 1 is 1.50 bits per heavy atom. The molecule has 16 heavy (non-hydrogen) atoms.